The van der Waals surface area contributed by atoms with Gasteiger partial charge in [0.2, 0.25) is 0 Å². The highest BCUT2D eigenvalue weighted by Gasteiger charge is 2.70. The first-order valence-electron chi connectivity index (χ1n) is 19.8. The maximum atomic E-state index is 13.9. The van der Waals surface area contributed by atoms with Gasteiger partial charge in [-0.3, -0.25) is 14.4 Å². The van der Waals surface area contributed by atoms with E-state index in [1.807, 2.05) is 0 Å². The van der Waals surface area contributed by atoms with Crippen molar-refractivity contribution in [2.24, 2.45) is 56.2 Å². The van der Waals surface area contributed by atoms with Crippen molar-refractivity contribution in [1.82, 2.24) is 5.32 Å². The number of rotatable bonds is 9. The average Bonchev–Trinajstić information content (AvgIpc) is 3.60. The molecule has 5 saturated carbocycles. The summed E-state index contributed by atoms with van der Waals surface area (Å²) in [5.41, 5.74) is 1.99. The van der Waals surface area contributed by atoms with E-state index in [0.29, 0.717) is 29.6 Å². The van der Waals surface area contributed by atoms with E-state index in [2.05, 4.69) is 53.8 Å². The molecule has 0 aromatic rings. The number of carbonyl (C=O) groups is 3. The number of carboxylic acids is 1. The van der Waals surface area contributed by atoms with E-state index in [-0.39, 0.29) is 51.5 Å². The van der Waals surface area contributed by atoms with Gasteiger partial charge in [-0.2, -0.15) is 0 Å². The van der Waals surface area contributed by atoms with E-state index >= 15 is 0 Å². The standard InChI is InChI=1S/C42H67NO5/c1-26(2)34-29(44)24-42(22-23-43-27-12-10-11-13-27)21-20-40(8)28(35(34)42)14-15-31-39(7)18-17-32(48-33(45)25-37(3,4)36(46)47)38(5,6)30(39)16-19-41(31,40)9/h26-28,30-32,43H,10-25H2,1-9H3,(H,46,47). The van der Waals surface area contributed by atoms with Gasteiger partial charge in [0.05, 0.1) is 11.8 Å². The van der Waals surface area contributed by atoms with Gasteiger partial charge in [0.15, 0.2) is 5.78 Å². The Balaban J connectivity index is 1.26. The zero-order valence-electron chi connectivity index (χ0n) is 31.9. The van der Waals surface area contributed by atoms with Crippen molar-refractivity contribution in [1.29, 1.82) is 0 Å². The fraction of sp³-hybridized carbons (Fsp3) is 0.881. The van der Waals surface area contributed by atoms with Crippen LogP contribution >= 0.6 is 0 Å². The van der Waals surface area contributed by atoms with Crippen LogP contribution in [0.5, 0.6) is 0 Å². The number of fused-ring (bicyclic) bond motifs is 7. The summed E-state index contributed by atoms with van der Waals surface area (Å²) in [6, 6.07) is 0.661. The lowest BCUT2D eigenvalue weighted by molar-refractivity contribution is -0.233. The summed E-state index contributed by atoms with van der Waals surface area (Å²) in [7, 11) is 0. The van der Waals surface area contributed by atoms with Gasteiger partial charge in [0, 0.05) is 23.3 Å². The van der Waals surface area contributed by atoms with Crippen molar-refractivity contribution in [2.45, 2.75) is 171 Å². The molecule has 0 aliphatic heterocycles. The van der Waals surface area contributed by atoms with Crippen LogP contribution in [0.4, 0.5) is 0 Å². The van der Waals surface area contributed by atoms with Gasteiger partial charge in [-0.1, -0.05) is 66.9 Å². The van der Waals surface area contributed by atoms with Crippen LogP contribution in [0.15, 0.2) is 11.1 Å². The number of esters is 1. The highest BCUT2D eigenvalue weighted by atomic mass is 16.5. The molecule has 0 aromatic carbocycles. The van der Waals surface area contributed by atoms with E-state index < -0.39 is 11.4 Å². The summed E-state index contributed by atoms with van der Waals surface area (Å²) in [5, 5.41) is 13.5. The number of ketones is 1. The van der Waals surface area contributed by atoms with Crippen molar-refractivity contribution < 1.29 is 24.2 Å². The predicted octanol–water partition coefficient (Wildman–Crippen LogP) is 9.30. The highest BCUT2D eigenvalue weighted by Crippen LogP contribution is 2.77. The first-order valence-corrected chi connectivity index (χ1v) is 19.8. The second kappa shape index (κ2) is 12.2. The van der Waals surface area contributed by atoms with E-state index in [1.54, 1.807) is 19.4 Å². The van der Waals surface area contributed by atoms with Gasteiger partial charge in [-0.05, 0) is 137 Å². The smallest absolute Gasteiger partial charge is 0.309 e. The number of hydrogen-bond acceptors (Lipinski definition) is 5. The third-order valence-electron chi connectivity index (χ3n) is 16.3. The zero-order chi connectivity index (χ0) is 35.1. The van der Waals surface area contributed by atoms with Crippen molar-refractivity contribution in [2.75, 3.05) is 6.54 Å². The fourth-order valence-corrected chi connectivity index (χ4v) is 13.5. The molecule has 0 aromatic heterocycles. The molecular weight excluding hydrogens is 598 g/mol. The molecule has 0 saturated heterocycles. The quantitative estimate of drug-likeness (QED) is 0.239. The summed E-state index contributed by atoms with van der Waals surface area (Å²) in [5.74, 6) is 0.860. The number of aliphatic carboxylic acids is 1. The summed E-state index contributed by atoms with van der Waals surface area (Å²) in [6.45, 7) is 21.2. The van der Waals surface area contributed by atoms with Gasteiger partial charge in [-0.15, -0.1) is 0 Å². The molecule has 6 rings (SSSR count). The van der Waals surface area contributed by atoms with Crippen molar-refractivity contribution in [3.8, 4) is 0 Å². The number of hydrogen-bond donors (Lipinski definition) is 2. The first kappa shape index (κ1) is 36.1. The average molecular weight is 666 g/mol. The molecule has 8 atom stereocenters. The lowest BCUT2D eigenvalue weighted by atomic mass is 9.33. The van der Waals surface area contributed by atoms with Crippen LogP contribution in [-0.2, 0) is 19.1 Å². The predicted molar refractivity (Wildman–Crippen MR) is 190 cm³/mol. The van der Waals surface area contributed by atoms with Gasteiger partial charge in [0.1, 0.15) is 6.10 Å². The van der Waals surface area contributed by atoms with Crippen LogP contribution < -0.4 is 5.32 Å². The molecule has 6 heteroatoms. The van der Waals surface area contributed by atoms with E-state index in [1.165, 1.54) is 56.9 Å². The monoisotopic (exact) mass is 666 g/mol. The highest BCUT2D eigenvalue weighted by molar-refractivity contribution is 6.00. The largest absolute Gasteiger partial charge is 0.481 e. The summed E-state index contributed by atoms with van der Waals surface area (Å²) < 4.78 is 6.18. The number of carbonyl (C=O) groups excluding carboxylic acids is 2. The SMILES string of the molecule is CC(C)C1=C2C3CCC4C5(C)CCC(OC(=O)CC(C)(C)C(=O)O)C(C)(C)C5CCC4(C)C3(C)CCC2(CCNC2CCCC2)CC1=O. The molecular formula is C42H67NO5. The summed E-state index contributed by atoms with van der Waals surface area (Å²) in [4.78, 5) is 38.7. The van der Waals surface area contributed by atoms with Crippen molar-refractivity contribution >= 4 is 17.7 Å². The van der Waals surface area contributed by atoms with E-state index in [0.717, 1.165) is 45.1 Å². The molecule has 5 fully saturated rings. The molecule has 0 radical (unpaired) electrons. The van der Waals surface area contributed by atoms with E-state index in [4.69, 9.17) is 4.74 Å². The maximum absolute atomic E-state index is 13.9. The van der Waals surface area contributed by atoms with Crippen LogP contribution in [0, 0.1) is 56.2 Å². The Bertz CT molecular complexity index is 1340. The minimum Gasteiger partial charge on any atom is -0.481 e. The molecule has 6 aliphatic carbocycles. The Hall–Kier alpha value is -1.69. The molecule has 0 amide bonds. The third-order valence-corrected chi connectivity index (χ3v) is 16.3. The van der Waals surface area contributed by atoms with Crippen molar-refractivity contribution in [3.05, 3.63) is 11.1 Å². The van der Waals surface area contributed by atoms with Gasteiger partial charge < -0.3 is 15.2 Å². The molecule has 2 N–H and O–H groups in total. The van der Waals surface area contributed by atoms with Crippen LogP contribution in [0.2, 0.25) is 0 Å². The zero-order valence-corrected chi connectivity index (χ0v) is 31.9. The molecule has 0 spiro atoms. The van der Waals surface area contributed by atoms with Gasteiger partial charge in [0.25, 0.3) is 0 Å². The second-order valence-corrected chi connectivity index (χ2v) is 19.9. The van der Waals surface area contributed by atoms with Gasteiger partial charge >= 0.3 is 11.9 Å². The molecule has 270 valence electrons. The Morgan fingerprint density at radius 3 is 2.23 bits per heavy atom. The molecule has 8 unspecified atom stereocenters. The van der Waals surface area contributed by atoms with Crippen LogP contribution in [0.3, 0.4) is 0 Å². The molecule has 48 heavy (non-hydrogen) atoms. The van der Waals surface area contributed by atoms with Gasteiger partial charge in [-0.25, -0.2) is 0 Å². The minimum absolute atomic E-state index is 0.0376. The number of nitrogens with one attached hydrogen (secondary N) is 1. The van der Waals surface area contributed by atoms with Crippen LogP contribution in [-0.4, -0.2) is 41.5 Å². The normalized spacial score (nSPS) is 41.1. The molecule has 0 bridgehead atoms. The number of Topliss-reactive ketones (excluding diaryl/α,β-unsaturated/α-hetero) is 1. The molecule has 0 heterocycles. The maximum Gasteiger partial charge on any atom is 0.309 e. The number of allylic oxidation sites excluding steroid dienone is 2. The Morgan fingerprint density at radius 2 is 1.58 bits per heavy atom. The number of ether oxygens (including phenoxy) is 1. The minimum atomic E-state index is -1.13. The van der Waals surface area contributed by atoms with Crippen LogP contribution in [0.1, 0.15) is 159 Å². The Kier molecular flexibility index (Phi) is 9.20. The second-order valence-electron chi connectivity index (χ2n) is 19.9. The van der Waals surface area contributed by atoms with E-state index in [9.17, 15) is 19.5 Å². The molecule has 6 nitrogen and oxygen atoms in total. The Labute approximate surface area is 291 Å². The third kappa shape index (κ3) is 5.47. The van der Waals surface area contributed by atoms with Crippen LogP contribution in [0.25, 0.3) is 0 Å². The molecule has 6 aliphatic rings. The lowest BCUT2D eigenvalue weighted by Crippen LogP contribution is -2.65. The fourth-order valence-electron chi connectivity index (χ4n) is 13.5. The summed E-state index contributed by atoms with van der Waals surface area (Å²) in [6.07, 6.45) is 15.7. The first-order chi connectivity index (χ1) is 22.3. The van der Waals surface area contributed by atoms with Crippen molar-refractivity contribution in [3.63, 3.8) is 0 Å². The summed E-state index contributed by atoms with van der Waals surface area (Å²) >= 11 is 0. The lowest BCUT2D eigenvalue weighted by Gasteiger charge is -2.72. The Morgan fingerprint density at radius 1 is 0.896 bits per heavy atom. The topological polar surface area (TPSA) is 92.7 Å². The number of carboxylic acid groups (broad SMARTS) is 1.